The van der Waals surface area contributed by atoms with Crippen molar-refractivity contribution in [1.82, 2.24) is 0 Å². The SMILES string of the molecule is CCOC(=O)C(=O)C1Cc2cc(Cl)ccc2N1C. The number of hydrogen-bond acceptors (Lipinski definition) is 4. The van der Waals surface area contributed by atoms with Crippen LogP contribution in [0, 0.1) is 0 Å². The van der Waals surface area contributed by atoms with Gasteiger partial charge in [0, 0.05) is 24.2 Å². The Hall–Kier alpha value is -1.55. The van der Waals surface area contributed by atoms with Gasteiger partial charge in [0.25, 0.3) is 5.78 Å². The minimum atomic E-state index is -0.770. The highest BCUT2D eigenvalue weighted by atomic mass is 35.5. The van der Waals surface area contributed by atoms with Crippen molar-refractivity contribution in [2.45, 2.75) is 19.4 Å². The third-order valence-corrected chi connectivity index (χ3v) is 3.32. The minimum absolute atomic E-state index is 0.208. The Balaban J connectivity index is 2.20. The zero-order chi connectivity index (χ0) is 13.3. The molecule has 1 heterocycles. The molecule has 0 N–H and O–H groups in total. The van der Waals surface area contributed by atoms with Gasteiger partial charge in [-0.1, -0.05) is 11.6 Å². The Kier molecular flexibility index (Phi) is 3.57. The number of nitrogens with zero attached hydrogens (tertiary/aromatic N) is 1. The largest absolute Gasteiger partial charge is 0.460 e. The number of anilines is 1. The Morgan fingerprint density at radius 3 is 2.89 bits per heavy atom. The summed E-state index contributed by atoms with van der Waals surface area (Å²) in [6, 6.07) is 4.97. The number of benzene rings is 1. The Labute approximate surface area is 110 Å². The van der Waals surface area contributed by atoms with Crippen LogP contribution in [0.3, 0.4) is 0 Å². The van der Waals surface area contributed by atoms with Gasteiger partial charge < -0.3 is 9.64 Å². The van der Waals surface area contributed by atoms with E-state index in [-0.39, 0.29) is 6.61 Å². The standard InChI is InChI=1S/C13H14ClNO3/c1-3-18-13(17)12(16)11-7-8-6-9(14)4-5-10(8)15(11)2/h4-6,11H,3,7H2,1-2H3. The van der Waals surface area contributed by atoms with E-state index in [0.29, 0.717) is 11.4 Å². The number of rotatable bonds is 3. The summed E-state index contributed by atoms with van der Waals surface area (Å²) in [6.45, 7) is 1.89. The van der Waals surface area contributed by atoms with E-state index in [1.54, 1.807) is 24.9 Å². The van der Waals surface area contributed by atoms with Crippen molar-refractivity contribution in [3.05, 3.63) is 28.8 Å². The normalized spacial score (nSPS) is 17.5. The van der Waals surface area contributed by atoms with Gasteiger partial charge in [-0.3, -0.25) is 4.79 Å². The molecule has 96 valence electrons. The second-order valence-electron chi connectivity index (χ2n) is 4.19. The molecule has 0 aromatic heterocycles. The molecule has 1 unspecified atom stereocenters. The van der Waals surface area contributed by atoms with E-state index in [2.05, 4.69) is 0 Å². The van der Waals surface area contributed by atoms with E-state index in [4.69, 9.17) is 16.3 Å². The van der Waals surface area contributed by atoms with Crippen LogP contribution in [-0.2, 0) is 20.7 Å². The predicted molar refractivity (Wildman–Crippen MR) is 69.0 cm³/mol. The Bertz CT molecular complexity index is 501. The summed E-state index contributed by atoms with van der Waals surface area (Å²) in [5.74, 6) is -1.28. The van der Waals surface area contributed by atoms with Crippen LogP contribution in [-0.4, -0.2) is 31.4 Å². The number of carbonyl (C=O) groups excluding carboxylic acids is 2. The lowest BCUT2D eigenvalue weighted by molar-refractivity contribution is -0.154. The van der Waals surface area contributed by atoms with Gasteiger partial charge in [-0.15, -0.1) is 0 Å². The first-order chi connectivity index (χ1) is 8.54. The molecule has 0 fully saturated rings. The maximum absolute atomic E-state index is 11.9. The van der Waals surface area contributed by atoms with Crippen molar-refractivity contribution in [2.75, 3.05) is 18.6 Å². The summed E-state index contributed by atoms with van der Waals surface area (Å²) in [4.78, 5) is 25.2. The van der Waals surface area contributed by atoms with Crippen LogP contribution in [0.4, 0.5) is 5.69 Å². The van der Waals surface area contributed by atoms with Gasteiger partial charge in [0.15, 0.2) is 0 Å². The van der Waals surface area contributed by atoms with E-state index in [0.717, 1.165) is 11.3 Å². The number of Topliss-reactive ketones (excluding diaryl/α,β-unsaturated/α-hetero) is 1. The number of carbonyl (C=O) groups is 2. The molecule has 1 aliphatic heterocycles. The van der Waals surface area contributed by atoms with Crippen molar-refractivity contribution in [1.29, 1.82) is 0 Å². The zero-order valence-electron chi connectivity index (χ0n) is 10.3. The topological polar surface area (TPSA) is 46.6 Å². The summed E-state index contributed by atoms with van der Waals surface area (Å²) < 4.78 is 4.75. The number of halogens is 1. The third kappa shape index (κ3) is 2.20. The van der Waals surface area contributed by atoms with E-state index in [1.165, 1.54) is 0 Å². The lowest BCUT2D eigenvalue weighted by Crippen LogP contribution is -2.40. The molecule has 1 atom stereocenters. The number of hydrogen-bond donors (Lipinski definition) is 0. The van der Waals surface area contributed by atoms with Gasteiger partial charge in [-0.25, -0.2) is 4.79 Å². The van der Waals surface area contributed by atoms with Crippen LogP contribution in [0.2, 0.25) is 5.02 Å². The fraction of sp³-hybridized carbons (Fsp3) is 0.385. The van der Waals surface area contributed by atoms with E-state index in [9.17, 15) is 9.59 Å². The van der Waals surface area contributed by atoms with Gasteiger partial charge in [-0.2, -0.15) is 0 Å². The first kappa shape index (κ1) is 12.9. The molecule has 1 aromatic carbocycles. The van der Waals surface area contributed by atoms with Gasteiger partial charge in [0.2, 0.25) is 0 Å². The third-order valence-electron chi connectivity index (χ3n) is 3.08. The van der Waals surface area contributed by atoms with Gasteiger partial charge in [-0.05, 0) is 30.7 Å². The molecule has 0 amide bonds. The summed E-state index contributed by atoms with van der Waals surface area (Å²) in [6.07, 6.45) is 0.490. The van der Waals surface area contributed by atoms with Gasteiger partial charge in [0.1, 0.15) is 6.04 Å². The smallest absolute Gasteiger partial charge is 0.376 e. The molecule has 5 heteroatoms. The quantitative estimate of drug-likeness (QED) is 0.619. The van der Waals surface area contributed by atoms with Gasteiger partial charge >= 0.3 is 5.97 Å². The van der Waals surface area contributed by atoms with Crippen LogP contribution in [0.1, 0.15) is 12.5 Å². The highest BCUT2D eigenvalue weighted by Crippen LogP contribution is 2.33. The number of fused-ring (bicyclic) bond motifs is 1. The average Bonchev–Trinajstić information content (AvgIpc) is 2.65. The van der Waals surface area contributed by atoms with E-state index in [1.807, 2.05) is 12.1 Å². The van der Waals surface area contributed by atoms with Crippen LogP contribution in [0.15, 0.2) is 18.2 Å². The molecular formula is C13H14ClNO3. The monoisotopic (exact) mass is 267 g/mol. The number of likely N-dealkylation sites (N-methyl/N-ethyl adjacent to an activating group) is 1. The maximum Gasteiger partial charge on any atom is 0.376 e. The fourth-order valence-electron chi connectivity index (χ4n) is 2.18. The Morgan fingerprint density at radius 2 is 2.22 bits per heavy atom. The van der Waals surface area contributed by atoms with E-state index >= 15 is 0 Å². The molecule has 0 aliphatic carbocycles. The predicted octanol–water partition coefficient (Wildman–Crippen LogP) is 1.83. The number of esters is 1. The number of ether oxygens (including phenoxy) is 1. The number of ketones is 1. The summed E-state index contributed by atoms with van der Waals surface area (Å²) in [7, 11) is 1.79. The first-order valence-corrected chi connectivity index (χ1v) is 6.14. The van der Waals surface area contributed by atoms with Crippen molar-refractivity contribution in [3.63, 3.8) is 0 Å². The van der Waals surface area contributed by atoms with E-state index < -0.39 is 17.8 Å². The molecule has 0 saturated heterocycles. The molecule has 0 radical (unpaired) electrons. The van der Waals surface area contributed by atoms with Crippen molar-refractivity contribution < 1.29 is 14.3 Å². The van der Waals surface area contributed by atoms with Crippen molar-refractivity contribution in [2.24, 2.45) is 0 Å². The highest BCUT2D eigenvalue weighted by Gasteiger charge is 2.36. The summed E-state index contributed by atoms with van der Waals surface area (Å²) in [5.41, 5.74) is 1.91. The average molecular weight is 268 g/mol. The molecule has 18 heavy (non-hydrogen) atoms. The van der Waals surface area contributed by atoms with Crippen molar-refractivity contribution >= 4 is 29.0 Å². The zero-order valence-corrected chi connectivity index (χ0v) is 11.0. The van der Waals surface area contributed by atoms with Crippen LogP contribution >= 0.6 is 11.6 Å². The summed E-state index contributed by atoms with van der Waals surface area (Å²) in [5, 5.41) is 0.631. The second-order valence-corrected chi connectivity index (χ2v) is 4.63. The molecule has 1 aliphatic rings. The molecule has 0 spiro atoms. The van der Waals surface area contributed by atoms with Crippen molar-refractivity contribution in [3.8, 4) is 0 Å². The lowest BCUT2D eigenvalue weighted by Gasteiger charge is -2.20. The maximum atomic E-state index is 11.9. The molecule has 0 saturated carbocycles. The first-order valence-electron chi connectivity index (χ1n) is 5.76. The molecule has 4 nitrogen and oxygen atoms in total. The van der Waals surface area contributed by atoms with Crippen LogP contribution in [0.5, 0.6) is 0 Å². The molecule has 0 bridgehead atoms. The van der Waals surface area contributed by atoms with Crippen LogP contribution in [0.25, 0.3) is 0 Å². The fourth-order valence-corrected chi connectivity index (χ4v) is 2.38. The lowest BCUT2D eigenvalue weighted by atomic mass is 10.1. The van der Waals surface area contributed by atoms with Gasteiger partial charge in [0.05, 0.1) is 6.61 Å². The molecular weight excluding hydrogens is 254 g/mol. The minimum Gasteiger partial charge on any atom is -0.460 e. The molecule has 2 rings (SSSR count). The Morgan fingerprint density at radius 1 is 1.50 bits per heavy atom. The van der Waals surface area contributed by atoms with Crippen LogP contribution < -0.4 is 4.90 Å². The summed E-state index contributed by atoms with van der Waals surface area (Å²) >= 11 is 5.92. The molecule has 1 aromatic rings. The highest BCUT2D eigenvalue weighted by molar-refractivity contribution is 6.36. The second kappa shape index (κ2) is 4.98.